The van der Waals surface area contributed by atoms with Crippen molar-refractivity contribution in [3.05, 3.63) is 58.1 Å². The highest BCUT2D eigenvalue weighted by atomic mass is 35.5. The van der Waals surface area contributed by atoms with Crippen LogP contribution in [0.25, 0.3) is 11.1 Å². The predicted molar refractivity (Wildman–Crippen MR) is 114 cm³/mol. The molecule has 5 nitrogen and oxygen atoms in total. The lowest BCUT2D eigenvalue weighted by Gasteiger charge is -2.32. The smallest absolute Gasteiger partial charge is 0.0641 e. The Kier molecular flexibility index (Phi) is 5.56. The molecule has 0 radical (unpaired) electrons. The first-order valence-corrected chi connectivity index (χ1v) is 10.5. The van der Waals surface area contributed by atoms with Gasteiger partial charge in [0, 0.05) is 53.1 Å². The SMILES string of the molecule is CCn1nc(C)c(CN2CCC[C@H](c3[nH]ncc3-c3ccc(Cl)cc3)C2)c1C. The zero-order chi connectivity index (χ0) is 19.7. The minimum absolute atomic E-state index is 0.462. The molecule has 0 unspecified atom stereocenters. The number of hydrogen-bond acceptors (Lipinski definition) is 3. The number of nitrogens with one attached hydrogen (secondary N) is 1. The topological polar surface area (TPSA) is 49.7 Å². The average Bonchev–Trinajstić information content (AvgIpc) is 3.29. The molecule has 0 saturated carbocycles. The summed E-state index contributed by atoms with van der Waals surface area (Å²) < 4.78 is 2.11. The highest BCUT2D eigenvalue weighted by Crippen LogP contribution is 2.34. The zero-order valence-electron chi connectivity index (χ0n) is 16.9. The second-order valence-corrected chi connectivity index (χ2v) is 8.18. The molecule has 0 amide bonds. The van der Waals surface area contributed by atoms with Crippen LogP contribution in [0.15, 0.2) is 30.5 Å². The number of nitrogens with zero attached hydrogens (tertiary/aromatic N) is 4. The van der Waals surface area contributed by atoms with E-state index >= 15 is 0 Å². The molecule has 4 rings (SSSR count). The summed E-state index contributed by atoms with van der Waals surface area (Å²) in [5.74, 6) is 0.462. The number of benzene rings is 1. The largest absolute Gasteiger partial charge is 0.298 e. The van der Waals surface area contributed by atoms with Crippen LogP contribution >= 0.6 is 11.6 Å². The Hall–Kier alpha value is -2.11. The zero-order valence-corrected chi connectivity index (χ0v) is 17.6. The van der Waals surface area contributed by atoms with E-state index in [0.29, 0.717) is 5.92 Å². The lowest BCUT2D eigenvalue weighted by molar-refractivity contribution is 0.198. The first kappa shape index (κ1) is 19.2. The molecule has 6 heteroatoms. The Morgan fingerprint density at radius 1 is 1.21 bits per heavy atom. The van der Waals surface area contributed by atoms with Crippen molar-refractivity contribution in [1.82, 2.24) is 24.9 Å². The van der Waals surface area contributed by atoms with Crippen molar-refractivity contribution >= 4 is 11.6 Å². The van der Waals surface area contributed by atoms with Crippen LogP contribution < -0.4 is 0 Å². The third-order valence-corrected chi connectivity index (χ3v) is 6.20. The van der Waals surface area contributed by atoms with Crippen molar-refractivity contribution < 1.29 is 0 Å². The summed E-state index contributed by atoms with van der Waals surface area (Å²) in [5, 5.41) is 13.1. The summed E-state index contributed by atoms with van der Waals surface area (Å²) in [6.45, 7) is 10.5. The summed E-state index contributed by atoms with van der Waals surface area (Å²) in [6.07, 6.45) is 4.33. The standard InChI is InChI=1S/C22H28ClN5/c1-4-28-16(3)21(15(2)26-28)14-27-11-5-6-18(13-27)22-20(12-24-25-22)17-7-9-19(23)10-8-17/h7-10,12,18H,4-6,11,13-14H2,1-3H3,(H,24,25)/t18-/m0/s1. The van der Waals surface area contributed by atoms with Crippen molar-refractivity contribution in [1.29, 1.82) is 0 Å². The van der Waals surface area contributed by atoms with E-state index in [1.165, 1.54) is 40.9 Å². The molecule has 0 aliphatic carbocycles. The minimum Gasteiger partial charge on any atom is -0.298 e. The number of piperidine rings is 1. The van der Waals surface area contributed by atoms with Gasteiger partial charge in [-0.25, -0.2) is 0 Å². The van der Waals surface area contributed by atoms with Crippen LogP contribution in [0.1, 0.15) is 48.3 Å². The highest BCUT2D eigenvalue weighted by molar-refractivity contribution is 6.30. The molecule has 148 valence electrons. The number of rotatable bonds is 5. The quantitative estimate of drug-likeness (QED) is 0.663. The van der Waals surface area contributed by atoms with E-state index in [1.54, 1.807) is 0 Å². The van der Waals surface area contributed by atoms with Gasteiger partial charge in [0.05, 0.1) is 11.9 Å². The van der Waals surface area contributed by atoms with Gasteiger partial charge in [0.25, 0.3) is 0 Å². The summed E-state index contributed by atoms with van der Waals surface area (Å²) in [5.41, 5.74) is 7.43. The summed E-state index contributed by atoms with van der Waals surface area (Å²) in [6, 6.07) is 8.03. The summed E-state index contributed by atoms with van der Waals surface area (Å²) in [4.78, 5) is 2.57. The van der Waals surface area contributed by atoms with E-state index in [-0.39, 0.29) is 0 Å². The van der Waals surface area contributed by atoms with E-state index in [4.69, 9.17) is 11.6 Å². The summed E-state index contributed by atoms with van der Waals surface area (Å²) in [7, 11) is 0. The van der Waals surface area contributed by atoms with Crippen LogP contribution in [0.2, 0.25) is 5.02 Å². The number of likely N-dealkylation sites (tertiary alicyclic amines) is 1. The Morgan fingerprint density at radius 2 is 2.00 bits per heavy atom. The fourth-order valence-corrected chi connectivity index (χ4v) is 4.52. The molecule has 1 atom stereocenters. The molecule has 3 aromatic rings. The van der Waals surface area contributed by atoms with Crippen molar-refractivity contribution in [2.24, 2.45) is 0 Å². The molecule has 1 N–H and O–H groups in total. The Balaban J connectivity index is 1.53. The summed E-state index contributed by atoms with van der Waals surface area (Å²) >= 11 is 6.06. The molecule has 1 aliphatic rings. The van der Waals surface area contributed by atoms with Gasteiger partial charge in [0.15, 0.2) is 0 Å². The van der Waals surface area contributed by atoms with Crippen molar-refractivity contribution in [2.45, 2.75) is 52.6 Å². The second kappa shape index (κ2) is 8.10. The monoisotopic (exact) mass is 397 g/mol. The van der Waals surface area contributed by atoms with Gasteiger partial charge in [-0.15, -0.1) is 0 Å². The van der Waals surface area contributed by atoms with Gasteiger partial charge in [0.1, 0.15) is 0 Å². The molecule has 2 aromatic heterocycles. The van der Waals surface area contributed by atoms with Gasteiger partial charge in [0.2, 0.25) is 0 Å². The lowest BCUT2D eigenvalue weighted by Crippen LogP contribution is -2.34. The van der Waals surface area contributed by atoms with Crippen LogP contribution in [0.4, 0.5) is 0 Å². The maximum Gasteiger partial charge on any atom is 0.0641 e. The van der Waals surface area contributed by atoms with Gasteiger partial charge in [-0.1, -0.05) is 23.7 Å². The van der Waals surface area contributed by atoms with Crippen molar-refractivity contribution in [2.75, 3.05) is 13.1 Å². The Morgan fingerprint density at radius 3 is 2.71 bits per heavy atom. The Labute approximate surface area is 171 Å². The Bertz CT molecular complexity index is 940. The molecular formula is C22H28ClN5. The molecule has 1 aliphatic heterocycles. The number of halogens is 1. The van der Waals surface area contributed by atoms with Gasteiger partial charge in [-0.2, -0.15) is 10.2 Å². The van der Waals surface area contributed by atoms with Gasteiger partial charge in [-0.05, 0) is 57.9 Å². The van der Waals surface area contributed by atoms with Crippen LogP contribution in [-0.4, -0.2) is 38.0 Å². The number of aromatic nitrogens is 4. The molecule has 0 spiro atoms. The first-order valence-electron chi connectivity index (χ1n) is 10.1. The number of H-pyrrole nitrogens is 1. The van der Waals surface area contributed by atoms with E-state index < -0.39 is 0 Å². The molecule has 1 saturated heterocycles. The minimum atomic E-state index is 0.462. The molecule has 1 aromatic carbocycles. The maximum absolute atomic E-state index is 6.06. The predicted octanol–water partition coefficient (Wildman–Crippen LogP) is 4.94. The molecule has 1 fully saturated rings. The number of hydrogen-bond donors (Lipinski definition) is 1. The normalized spacial score (nSPS) is 17.9. The van der Waals surface area contributed by atoms with Gasteiger partial charge < -0.3 is 0 Å². The fourth-order valence-electron chi connectivity index (χ4n) is 4.40. The van der Waals surface area contributed by atoms with Crippen LogP contribution in [0, 0.1) is 13.8 Å². The fraction of sp³-hybridized carbons (Fsp3) is 0.455. The highest BCUT2D eigenvalue weighted by Gasteiger charge is 2.26. The molecule has 3 heterocycles. The average molecular weight is 398 g/mol. The van der Waals surface area contributed by atoms with Gasteiger partial charge in [-0.3, -0.25) is 14.7 Å². The third kappa shape index (κ3) is 3.74. The third-order valence-electron chi connectivity index (χ3n) is 5.95. The maximum atomic E-state index is 6.06. The molecular weight excluding hydrogens is 370 g/mol. The van der Waals surface area contributed by atoms with Crippen molar-refractivity contribution in [3.8, 4) is 11.1 Å². The van der Waals surface area contributed by atoms with E-state index in [0.717, 1.165) is 36.9 Å². The van der Waals surface area contributed by atoms with E-state index in [9.17, 15) is 0 Å². The van der Waals surface area contributed by atoms with Crippen LogP contribution in [-0.2, 0) is 13.1 Å². The van der Waals surface area contributed by atoms with Crippen molar-refractivity contribution in [3.63, 3.8) is 0 Å². The molecule has 28 heavy (non-hydrogen) atoms. The second-order valence-electron chi connectivity index (χ2n) is 7.74. The van der Waals surface area contributed by atoms with Gasteiger partial charge >= 0.3 is 0 Å². The number of aryl methyl sites for hydroxylation is 2. The van der Waals surface area contributed by atoms with Crippen LogP contribution in [0.3, 0.4) is 0 Å². The molecule has 0 bridgehead atoms. The first-order chi connectivity index (χ1) is 13.6. The van der Waals surface area contributed by atoms with E-state index in [1.807, 2.05) is 18.3 Å². The van der Waals surface area contributed by atoms with Crippen LogP contribution in [0.5, 0.6) is 0 Å². The van der Waals surface area contributed by atoms with E-state index in [2.05, 4.69) is 57.8 Å². The lowest BCUT2D eigenvalue weighted by atomic mass is 9.90. The number of aromatic amines is 1.